The maximum absolute atomic E-state index is 12.2. The molecule has 3 nitrogen and oxygen atoms in total. The van der Waals surface area contributed by atoms with Crippen LogP contribution in [-0.2, 0) is 6.54 Å². The van der Waals surface area contributed by atoms with E-state index in [0.717, 1.165) is 23.5 Å². The summed E-state index contributed by atoms with van der Waals surface area (Å²) in [5, 5.41) is -0.465. The summed E-state index contributed by atoms with van der Waals surface area (Å²) in [6.07, 6.45) is 5.04. The Kier molecular flexibility index (Phi) is 4.84. The molecule has 0 N–H and O–H groups in total. The van der Waals surface area contributed by atoms with Crippen molar-refractivity contribution in [3.05, 3.63) is 23.0 Å². The molecule has 1 unspecified atom stereocenters. The van der Waals surface area contributed by atoms with Gasteiger partial charge in [-0.3, -0.25) is 4.79 Å². The topological polar surface area (TPSA) is 25.2 Å². The average Bonchev–Trinajstić information content (AvgIpc) is 2.99. The zero-order valence-electron chi connectivity index (χ0n) is 13.9. The second-order valence-electron chi connectivity index (χ2n) is 6.68. The maximum atomic E-state index is 12.2. The van der Waals surface area contributed by atoms with Gasteiger partial charge in [0.1, 0.15) is 0 Å². The van der Waals surface area contributed by atoms with Crippen LogP contribution in [-0.4, -0.2) is 40.3 Å². The molecule has 2 rings (SSSR count). The van der Waals surface area contributed by atoms with E-state index in [1.807, 2.05) is 13.0 Å². The molecule has 1 aliphatic rings. The second-order valence-corrected chi connectivity index (χ2v) is 7.33. The minimum atomic E-state index is -0.465. The van der Waals surface area contributed by atoms with Crippen molar-refractivity contribution in [1.82, 2.24) is 9.47 Å². The van der Waals surface area contributed by atoms with Gasteiger partial charge in [0.2, 0.25) is 0 Å². The van der Waals surface area contributed by atoms with E-state index < -0.39 is 5.38 Å². The summed E-state index contributed by atoms with van der Waals surface area (Å²) in [5.41, 5.74) is 3.21. The van der Waals surface area contributed by atoms with E-state index in [9.17, 15) is 4.79 Å². The smallest absolute Gasteiger partial charge is 0.182 e. The van der Waals surface area contributed by atoms with Crippen LogP contribution < -0.4 is 0 Å². The van der Waals surface area contributed by atoms with Crippen LogP contribution in [0.25, 0.3) is 0 Å². The number of ketones is 1. The normalized spacial score (nSPS) is 19.2. The molecule has 0 aromatic carbocycles. The minimum absolute atomic E-state index is 0.0290. The number of aromatic nitrogens is 1. The van der Waals surface area contributed by atoms with Gasteiger partial charge in [-0.05, 0) is 53.8 Å². The summed E-state index contributed by atoms with van der Waals surface area (Å²) in [6.45, 7) is 6.83. The van der Waals surface area contributed by atoms with Gasteiger partial charge >= 0.3 is 0 Å². The molecule has 1 heterocycles. The van der Waals surface area contributed by atoms with Crippen molar-refractivity contribution >= 4 is 17.4 Å². The van der Waals surface area contributed by atoms with Crippen LogP contribution in [0.5, 0.6) is 0 Å². The van der Waals surface area contributed by atoms with E-state index in [-0.39, 0.29) is 11.3 Å². The third-order valence-electron chi connectivity index (χ3n) is 5.14. The molecule has 0 aliphatic heterocycles. The number of Topliss-reactive ketones (excluding diaryl/α,β-unsaturated/α-hetero) is 1. The van der Waals surface area contributed by atoms with E-state index in [1.165, 1.54) is 25.7 Å². The molecule has 1 aliphatic carbocycles. The number of hydrogen-bond donors (Lipinski definition) is 0. The molecule has 0 saturated heterocycles. The lowest BCUT2D eigenvalue weighted by molar-refractivity contribution is 0.0990. The predicted octanol–water partition coefficient (Wildman–Crippen LogP) is 3.79. The highest BCUT2D eigenvalue weighted by atomic mass is 35.5. The van der Waals surface area contributed by atoms with Crippen LogP contribution in [0.2, 0.25) is 0 Å². The lowest BCUT2D eigenvalue weighted by Crippen LogP contribution is -2.45. The van der Waals surface area contributed by atoms with Gasteiger partial charge in [0.05, 0.1) is 5.38 Å². The largest absolute Gasteiger partial charge is 0.347 e. The van der Waals surface area contributed by atoms with Gasteiger partial charge in [-0.15, -0.1) is 11.6 Å². The SMILES string of the molecule is Cc1cc(C(=O)C(C)Cl)c(C)n1CC1(N(C)C)CCCC1. The highest BCUT2D eigenvalue weighted by Gasteiger charge is 2.37. The Hall–Kier alpha value is -0.800. The molecule has 1 atom stereocenters. The number of hydrogen-bond acceptors (Lipinski definition) is 2. The van der Waals surface area contributed by atoms with Crippen molar-refractivity contribution < 1.29 is 4.79 Å². The zero-order valence-corrected chi connectivity index (χ0v) is 14.6. The van der Waals surface area contributed by atoms with Gasteiger partial charge < -0.3 is 9.47 Å². The molecule has 1 aromatic rings. The predicted molar refractivity (Wildman–Crippen MR) is 88.4 cm³/mol. The summed E-state index contributed by atoms with van der Waals surface area (Å²) in [5.74, 6) is 0.0290. The van der Waals surface area contributed by atoms with E-state index in [0.29, 0.717) is 0 Å². The van der Waals surface area contributed by atoms with Gasteiger partial charge in [-0.25, -0.2) is 0 Å². The summed E-state index contributed by atoms with van der Waals surface area (Å²) in [7, 11) is 4.35. The lowest BCUT2D eigenvalue weighted by atomic mass is 9.95. The van der Waals surface area contributed by atoms with Crippen molar-refractivity contribution in [2.45, 2.75) is 63.9 Å². The quantitative estimate of drug-likeness (QED) is 0.610. The average molecular weight is 311 g/mol. The first-order chi connectivity index (χ1) is 9.78. The first kappa shape index (κ1) is 16.6. The molecule has 0 amide bonds. The highest BCUT2D eigenvalue weighted by Crippen LogP contribution is 2.36. The van der Waals surface area contributed by atoms with Crippen LogP contribution in [0.3, 0.4) is 0 Å². The van der Waals surface area contributed by atoms with Crippen LogP contribution in [0.4, 0.5) is 0 Å². The first-order valence-electron chi connectivity index (χ1n) is 7.81. The monoisotopic (exact) mass is 310 g/mol. The molecule has 0 radical (unpaired) electrons. The number of nitrogens with zero attached hydrogens (tertiary/aromatic N) is 2. The van der Waals surface area contributed by atoms with E-state index in [2.05, 4.69) is 30.5 Å². The summed E-state index contributed by atoms with van der Waals surface area (Å²) in [6, 6.07) is 1.99. The Morgan fingerprint density at radius 2 is 1.95 bits per heavy atom. The van der Waals surface area contributed by atoms with Crippen molar-refractivity contribution in [2.24, 2.45) is 0 Å². The van der Waals surface area contributed by atoms with Crippen molar-refractivity contribution in [1.29, 1.82) is 0 Å². The van der Waals surface area contributed by atoms with E-state index in [4.69, 9.17) is 11.6 Å². The molecular weight excluding hydrogens is 284 g/mol. The Labute approximate surface area is 133 Å². The van der Waals surface area contributed by atoms with Crippen LogP contribution in [0, 0.1) is 13.8 Å². The molecule has 1 fully saturated rings. The Morgan fingerprint density at radius 1 is 1.38 bits per heavy atom. The zero-order chi connectivity index (χ0) is 15.8. The maximum Gasteiger partial charge on any atom is 0.182 e. The third-order valence-corrected chi connectivity index (χ3v) is 5.33. The molecule has 4 heteroatoms. The van der Waals surface area contributed by atoms with Gasteiger partial charge in [0.15, 0.2) is 5.78 Å². The number of carbonyl (C=O) groups is 1. The fourth-order valence-electron chi connectivity index (χ4n) is 3.58. The number of alkyl halides is 1. The Bertz CT molecular complexity index is 525. The summed E-state index contributed by atoms with van der Waals surface area (Å²) < 4.78 is 2.30. The number of rotatable bonds is 5. The van der Waals surface area contributed by atoms with Crippen LogP contribution in [0.1, 0.15) is 54.4 Å². The van der Waals surface area contributed by atoms with Gasteiger partial charge in [0, 0.05) is 29.0 Å². The molecule has 0 spiro atoms. The Morgan fingerprint density at radius 3 is 2.43 bits per heavy atom. The van der Waals surface area contributed by atoms with Crippen LogP contribution in [0.15, 0.2) is 6.07 Å². The van der Waals surface area contributed by atoms with Crippen molar-refractivity contribution in [3.8, 4) is 0 Å². The van der Waals surface area contributed by atoms with E-state index >= 15 is 0 Å². The standard InChI is InChI=1S/C17H27ClN2O/c1-12-10-15(16(21)13(2)18)14(3)20(12)11-17(19(4)5)8-6-7-9-17/h10,13H,6-9,11H2,1-5H3. The fourth-order valence-corrected chi connectivity index (χ4v) is 3.70. The minimum Gasteiger partial charge on any atom is -0.347 e. The molecule has 1 saturated carbocycles. The lowest BCUT2D eigenvalue weighted by Gasteiger charge is -2.37. The van der Waals surface area contributed by atoms with Gasteiger partial charge in [-0.2, -0.15) is 0 Å². The molecule has 0 bridgehead atoms. The third kappa shape index (κ3) is 3.04. The van der Waals surface area contributed by atoms with Crippen LogP contribution >= 0.6 is 11.6 Å². The first-order valence-corrected chi connectivity index (χ1v) is 8.24. The molecule has 118 valence electrons. The van der Waals surface area contributed by atoms with E-state index in [1.54, 1.807) is 6.92 Å². The van der Waals surface area contributed by atoms with Gasteiger partial charge in [-0.1, -0.05) is 12.8 Å². The number of halogens is 1. The number of aryl methyl sites for hydroxylation is 1. The second kappa shape index (κ2) is 6.13. The summed E-state index contributed by atoms with van der Waals surface area (Å²) >= 11 is 5.98. The molecule has 21 heavy (non-hydrogen) atoms. The molecule has 1 aromatic heterocycles. The number of likely N-dealkylation sites (N-methyl/N-ethyl adjacent to an activating group) is 1. The number of carbonyl (C=O) groups excluding carboxylic acids is 1. The van der Waals surface area contributed by atoms with Crippen molar-refractivity contribution in [2.75, 3.05) is 14.1 Å². The van der Waals surface area contributed by atoms with Crippen molar-refractivity contribution in [3.63, 3.8) is 0 Å². The summed E-state index contributed by atoms with van der Waals surface area (Å²) in [4.78, 5) is 14.6. The van der Waals surface area contributed by atoms with Gasteiger partial charge in [0.25, 0.3) is 0 Å². The highest BCUT2D eigenvalue weighted by molar-refractivity contribution is 6.33. The molecular formula is C17H27ClN2O. The fraction of sp³-hybridized carbons (Fsp3) is 0.706. The Balaban J connectivity index is 2.35.